The number of aromatic nitrogens is 2. The van der Waals surface area contributed by atoms with E-state index >= 15 is 0 Å². The average Bonchev–Trinajstić information content (AvgIpc) is 3.03. The summed E-state index contributed by atoms with van der Waals surface area (Å²) in [4.78, 5) is 6.83. The van der Waals surface area contributed by atoms with Crippen LogP contribution in [0.3, 0.4) is 0 Å². The molecule has 1 aromatic heterocycles. The van der Waals surface area contributed by atoms with Crippen molar-refractivity contribution in [3.8, 4) is 11.4 Å². The highest BCUT2D eigenvalue weighted by molar-refractivity contribution is 5.38. The number of nitrogens with two attached hydrogens (primary N) is 1. The third kappa shape index (κ3) is 3.30. The van der Waals surface area contributed by atoms with E-state index in [9.17, 15) is 0 Å². The highest BCUT2D eigenvalue weighted by Gasteiger charge is 2.20. The maximum atomic E-state index is 5.70. The Labute approximate surface area is 130 Å². The van der Waals surface area contributed by atoms with Crippen molar-refractivity contribution in [2.45, 2.75) is 12.6 Å². The van der Waals surface area contributed by atoms with Crippen LogP contribution in [-0.2, 0) is 11.3 Å². The first-order valence-corrected chi connectivity index (χ1v) is 7.51. The SMILES string of the molecule is COc1ccc(-n2ccnc2CN2CCOC(CN)C2)cc1. The minimum atomic E-state index is 0.123. The fraction of sp³-hybridized carbons (Fsp3) is 0.438. The molecule has 1 atom stereocenters. The Kier molecular flexibility index (Phi) is 4.72. The summed E-state index contributed by atoms with van der Waals surface area (Å²) in [5.41, 5.74) is 6.78. The van der Waals surface area contributed by atoms with Gasteiger partial charge in [-0.15, -0.1) is 0 Å². The highest BCUT2D eigenvalue weighted by atomic mass is 16.5. The number of benzene rings is 1. The van der Waals surface area contributed by atoms with Crippen molar-refractivity contribution in [3.05, 3.63) is 42.5 Å². The number of imidazole rings is 1. The van der Waals surface area contributed by atoms with Crippen molar-refractivity contribution in [1.29, 1.82) is 0 Å². The summed E-state index contributed by atoms with van der Waals surface area (Å²) in [6.07, 6.45) is 3.94. The molecule has 3 rings (SSSR count). The molecule has 6 heteroatoms. The Bertz CT molecular complexity index is 596. The standard InChI is InChI=1S/C16H22N4O2/c1-21-14-4-2-13(3-5-14)20-7-6-18-16(20)12-19-8-9-22-15(10-17)11-19/h2-7,15H,8-12,17H2,1H3. The van der Waals surface area contributed by atoms with Crippen molar-refractivity contribution in [2.75, 3.05) is 33.4 Å². The summed E-state index contributed by atoms with van der Waals surface area (Å²) < 4.78 is 12.9. The molecule has 2 heterocycles. The van der Waals surface area contributed by atoms with Crippen LogP contribution in [-0.4, -0.2) is 53.9 Å². The summed E-state index contributed by atoms with van der Waals surface area (Å²) in [7, 11) is 1.67. The topological polar surface area (TPSA) is 65.5 Å². The van der Waals surface area contributed by atoms with Gasteiger partial charge in [0.15, 0.2) is 0 Å². The zero-order valence-corrected chi connectivity index (χ0v) is 12.8. The van der Waals surface area contributed by atoms with E-state index in [1.54, 1.807) is 7.11 Å². The number of rotatable bonds is 5. The fourth-order valence-corrected chi connectivity index (χ4v) is 2.70. The second kappa shape index (κ2) is 6.91. The van der Waals surface area contributed by atoms with Gasteiger partial charge < -0.3 is 19.8 Å². The van der Waals surface area contributed by atoms with Crippen LogP contribution in [0.1, 0.15) is 5.82 Å². The number of hydrogen-bond donors (Lipinski definition) is 1. The number of nitrogens with zero attached hydrogens (tertiary/aromatic N) is 3. The molecule has 0 spiro atoms. The molecule has 2 aromatic rings. The molecule has 1 aliphatic heterocycles. The van der Waals surface area contributed by atoms with Gasteiger partial charge in [-0.3, -0.25) is 4.90 Å². The molecular formula is C16H22N4O2. The number of methoxy groups -OCH3 is 1. The quantitative estimate of drug-likeness (QED) is 0.894. The van der Waals surface area contributed by atoms with Crippen molar-refractivity contribution in [3.63, 3.8) is 0 Å². The number of hydrogen-bond acceptors (Lipinski definition) is 5. The first-order chi connectivity index (χ1) is 10.8. The van der Waals surface area contributed by atoms with Gasteiger partial charge in [-0.2, -0.15) is 0 Å². The third-order valence-electron chi connectivity index (χ3n) is 3.92. The maximum Gasteiger partial charge on any atom is 0.127 e. The molecule has 0 radical (unpaired) electrons. The molecule has 118 valence electrons. The smallest absolute Gasteiger partial charge is 0.127 e. The van der Waals surface area contributed by atoms with Crippen LogP contribution in [0.25, 0.3) is 5.69 Å². The average molecular weight is 302 g/mol. The zero-order chi connectivity index (χ0) is 15.4. The van der Waals surface area contributed by atoms with Gasteiger partial charge in [0.25, 0.3) is 0 Å². The lowest BCUT2D eigenvalue weighted by Crippen LogP contribution is -2.45. The highest BCUT2D eigenvalue weighted by Crippen LogP contribution is 2.17. The molecule has 1 fully saturated rings. The Morgan fingerprint density at radius 3 is 2.91 bits per heavy atom. The Morgan fingerprint density at radius 2 is 2.18 bits per heavy atom. The van der Waals surface area contributed by atoms with Crippen LogP contribution in [0.15, 0.2) is 36.7 Å². The number of ether oxygens (including phenoxy) is 2. The molecule has 1 aromatic carbocycles. The van der Waals surface area contributed by atoms with Crippen molar-refractivity contribution in [1.82, 2.24) is 14.5 Å². The molecule has 0 aliphatic carbocycles. The molecular weight excluding hydrogens is 280 g/mol. The van der Waals surface area contributed by atoms with E-state index in [2.05, 4.69) is 14.5 Å². The van der Waals surface area contributed by atoms with Crippen LogP contribution in [0, 0.1) is 0 Å². The largest absolute Gasteiger partial charge is 0.497 e. The molecule has 1 unspecified atom stereocenters. The second-order valence-electron chi connectivity index (χ2n) is 5.38. The first kappa shape index (κ1) is 15.0. The van der Waals surface area contributed by atoms with E-state index in [0.29, 0.717) is 6.54 Å². The van der Waals surface area contributed by atoms with Gasteiger partial charge in [0.1, 0.15) is 11.6 Å². The molecule has 0 saturated carbocycles. The zero-order valence-electron chi connectivity index (χ0n) is 12.8. The van der Waals surface area contributed by atoms with Crippen molar-refractivity contribution < 1.29 is 9.47 Å². The van der Waals surface area contributed by atoms with E-state index in [1.165, 1.54) is 0 Å². The third-order valence-corrected chi connectivity index (χ3v) is 3.92. The predicted octanol–water partition coefficient (Wildman–Crippen LogP) is 1.04. The minimum Gasteiger partial charge on any atom is -0.497 e. The lowest BCUT2D eigenvalue weighted by Gasteiger charge is -2.32. The van der Waals surface area contributed by atoms with Crippen LogP contribution >= 0.6 is 0 Å². The molecule has 1 saturated heterocycles. The van der Waals surface area contributed by atoms with Crippen LogP contribution in [0.2, 0.25) is 0 Å². The Hall–Kier alpha value is -1.89. The second-order valence-corrected chi connectivity index (χ2v) is 5.38. The molecule has 0 bridgehead atoms. The monoisotopic (exact) mass is 302 g/mol. The molecule has 0 amide bonds. The van der Waals surface area contributed by atoms with Gasteiger partial charge in [-0.1, -0.05) is 0 Å². The van der Waals surface area contributed by atoms with Gasteiger partial charge in [-0.05, 0) is 24.3 Å². The van der Waals surface area contributed by atoms with Gasteiger partial charge in [0.05, 0.1) is 26.4 Å². The minimum absolute atomic E-state index is 0.123. The summed E-state index contributed by atoms with van der Waals surface area (Å²) in [6, 6.07) is 7.98. The summed E-state index contributed by atoms with van der Waals surface area (Å²) in [6.45, 7) is 3.84. The lowest BCUT2D eigenvalue weighted by atomic mass is 10.2. The maximum absolute atomic E-state index is 5.70. The van der Waals surface area contributed by atoms with E-state index in [4.69, 9.17) is 15.2 Å². The van der Waals surface area contributed by atoms with Gasteiger partial charge in [0.2, 0.25) is 0 Å². The number of morpholine rings is 1. The van der Waals surface area contributed by atoms with Gasteiger partial charge in [-0.25, -0.2) is 4.98 Å². The predicted molar refractivity (Wildman–Crippen MR) is 84.2 cm³/mol. The fourth-order valence-electron chi connectivity index (χ4n) is 2.70. The molecule has 6 nitrogen and oxygen atoms in total. The van der Waals surface area contributed by atoms with E-state index < -0.39 is 0 Å². The Morgan fingerprint density at radius 1 is 1.36 bits per heavy atom. The molecule has 2 N–H and O–H groups in total. The van der Waals surface area contributed by atoms with Crippen molar-refractivity contribution in [2.24, 2.45) is 5.73 Å². The van der Waals surface area contributed by atoms with E-state index in [0.717, 1.165) is 43.5 Å². The van der Waals surface area contributed by atoms with Crippen LogP contribution in [0.4, 0.5) is 0 Å². The van der Waals surface area contributed by atoms with Crippen molar-refractivity contribution >= 4 is 0 Å². The first-order valence-electron chi connectivity index (χ1n) is 7.51. The summed E-state index contributed by atoms with van der Waals surface area (Å²) in [5.74, 6) is 1.87. The summed E-state index contributed by atoms with van der Waals surface area (Å²) in [5, 5.41) is 0. The lowest BCUT2D eigenvalue weighted by molar-refractivity contribution is -0.0269. The van der Waals surface area contributed by atoms with Crippen LogP contribution in [0.5, 0.6) is 5.75 Å². The van der Waals surface area contributed by atoms with Gasteiger partial charge in [0, 0.05) is 37.7 Å². The van der Waals surface area contributed by atoms with E-state index in [1.807, 2.05) is 36.7 Å². The summed E-state index contributed by atoms with van der Waals surface area (Å²) >= 11 is 0. The van der Waals surface area contributed by atoms with E-state index in [-0.39, 0.29) is 6.10 Å². The van der Waals surface area contributed by atoms with Crippen LogP contribution < -0.4 is 10.5 Å². The normalized spacial score (nSPS) is 19.3. The Balaban J connectivity index is 1.74. The van der Waals surface area contributed by atoms with Gasteiger partial charge >= 0.3 is 0 Å². The molecule has 1 aliphatic rings. The molecule has 22 heavy (non-hydrogen) atoms.